The molecule has 1 aliphatic heterocycles. The van der Waals surface area contributed by atoms with E-state index >= 15 is 0 Å². The van der Waals surface area contributed by atoms with Gasteiger partial charge in [-0.05, 0) is 32.9 Å². The van der Waals surface area contributed by atoms with Crippen molar-refractivity contribution in [2.24, 2.45) is 0 Å². The number of aromatic carboxylic acids is 1. The Morgan fingerprint density at radius 1 is 1.57 bits per heavy atom. The molecule has 0 spiro atoms. The fourth-order valence-electron chi connectivity index (χ4n) is 2.40. The number of aromatic nitrogens is 1. The first-order chi connectivity index (χ1) is 9.99. The Labute approximate surface area is 121 Å². The van der Waals surface area contributed by atoms with Crippen molar-refractivity contribution in [3.63, 3.8) is 0 Å². The number of hydrogen-bond acceptors (Lipinski definition) is 6. The number of pyridine rings is 1. The summed E-state index contributed by atoms with van der Waals surface area (Å²) in [4.78, 5) is 27.4. The van der Waals surface area contributed by atoms with E-state index in [1.807, 2.05) is 0 Å². The molecule has 0 aliphatic carbocycles. The van der Waals surface area contributed by atoms with Gasteiger partial charge in [-0.3, -0.25) is 15.0 Å². The number of carboxylic acid groups (broad SMARTS) is 1. The van der Waals surface area contributed by atoms with Gasteiger partial charge < -0.3 is 10.4 Å². The molecule has 1 atom stereocenters. The van der Waals surface area contributed by atoms with Crippen molar-refractivity contribution in [1.29, 1.82) is 0 Å². The molecule has 1 unspecified atom stereocenters. The van der Waals surface area contributed by atoms with Crippen LogP contribution in [-0.2, 0) is 0 Å². The monoisotopic (exact) mass is 294 g/mol. The highest BCUT2D eigenvalue weighted by Gasteiger charge is 2.21. The SMILES string of the molecule is CC(CNc1ncc(C(=O)O)cc1[N+](=O)[O-])N1CCCC1. The van der Waals surface area contributed by atoms with Crippen LogP contribution in [0.4, 0.5) is 11.5 Å². The van der Waals surface area contributed by atoms with Crippen LogP contribution in [0.3, 0.4) is 0 Å². The number of carboxylic acids is 1. The quantitative estimate of drug-likeness (QED) is 0.605. The smallest absolute Gasteiger partial charge is 0.337 e. The van der Waals surface area contributed by atoms with Crippen molar-refractivity contribution in [3.8, 4) is 0 Å². The Bertz CT molecular complexity index is 543. The van der Waals surface area contributed by atoms with Crippen molar-refractivity contribution >= 4 is 17.5 Å². The van der Waals surface area contributed by atoms with E-state index in [2.05, 4.69) is 22.1 Å². The minimum absolute atomic E-state index is 0.107. The van der Waals surface area contributed by atoms with Crippen molar-refractivity contribution in [2.45, 2.75) is 25.8 Å². The fourth-order valence-corrected chi connectivity index (χ4v) is 2.40. The van der Waals surface area contributed by atoms with Gasteiger partial charge in [-0.15, -0.1) is 0 Å². The second-order valence-electron chi connectivity index (χ2n) is 5.13. The highest BCUT2D eigenvalue weighted by Crippen LogP contribution is 2.23. The van der Waals surface area contributed by atoms with E-state index in [1.54, 1.807) is 0 Å². The highest BCUT2D eigenvalue weighted by molar-refractivity contribution is 5.88. The van der Waals surface area contributed by atoms with Gasteiger partial charge in [-0.1, -0.05) is 0 Å². The number of carbonyl (C=O) groups is 1. The summed E-state index contributed by atoms with van der Waals surface area (Å²) in [5.41, 5.74) is -0.511. The number of nitrogens with zero attached hydrogens (tertiary/aromatic N) is 3. The van der Waals surface area contributed by atoms with E-state index in [0.29, 0.717) is 6.54 Å². The summed E-state index contributed by atoms with van der Waals surface area (Å²) in [6.45, 7) is 4.66. The molecular formula is C13H18N4O4. The van der Waals surface area contributed by atoms with Gasteiger partial charge in [0.2, 0.25) is 5.82 Å². The lowest BCUT2D eigenvalue weighted by atomic mass is 10.2. The van der Waals surface area contributed by atoms with Crippen molar-refractivity contribution < 1.29 is 14.8 Å². The summed E-state index contributed by atoms with van der Waals surface area (Å²) in [6.07, 6.45) is 3.48. The highest BCUT2D eigenvalue weighted by atomic mass is 16.6. The zero-order valence-corrected chi connectivity index (χ0v) is 11.8. The predicted octanol–water partition coefficient (Wildman–Crippen LogP) is 1.58. The molecule has 0 amide bonds. The first-order valence-corrected chi connectivity index (χ1v) is 6.84. The molecule has 1 aromatic heterocycles. The number of rotatable bonds is 6. The largest absolute Gasteiger partial charge is 0.478 e. The van der Waals surface area contributed by atoms with E-state index in [4.69, 9.17) is 5.11 Å². The summed E-state index contributed by atoms with van der Waals surface area (Å²) < 4.78 is 0. The van der Waals surface area contributed by atoms with Crippen LogP contribution in [0, 0.1) is 10.1 Å². The normalized spacial score (nSPS) is 16.6. The van der Waals surface area contributed by atoms with E-state index < -0.39 is 10.9 Å². The molecular weight excluding hydrogens is 276 g/mol. The third-order valence-electron chi connectivity index (χ3n) is 3.64. The Balaban J connectivity index is 2.08. The van der Waals surface area contributed by atoms with E-state index in [1.165, 1.54) is 12.8 Å². The van der Waals surface area contributed by atoms with Crippen LogP contribution >= 0.6 is 0 Å². The number of likely N-dealkylation sites (tertiary alicyclic amines) is 1. The third kappa shape index (κ3) is 3.66. The van der Waals surface area contributed by atoms with Gasteiger partial charge in [0, 0.05) is 24.8 Å². The number of hydrogen-bond donors (Lipinski definition) is 2. The summed E-state index contributed by atoms with van der Waals surface area (Å²) >= 11 is 0. The topological polar surface area (TPSA) is 109 Å². The van der Waals surface area contributed by atoms with Gasteiger partial charge in [-0.2, -0.15) is 0 Å². The molecule has 0 aromatic carbocycles. The lowest BCUT2D eigenvalue weighted by molar-refractivity contribution is -0.384. The molecule has 0 bridgehead atoms. The summed E-state index contributed by atoms with van der Waals surface area (Å²) in [7, 11) is 0. The van der Waals surface area contributed by atoms with Crippen LogP contribution < -0.4 is 5.32 Å². The maximum atomic E-state index is 11.0. The average molecular weight is 294 g/mol. The number of anilines is 1. The maximum Gasteiger partial charge on any atom is 0.337 e. The van der Waals surface area contributed by atoms with Crippen molar-refractivity contribution in [1.82, 2.24) is 9.88 Å². The third-order valence-corrected chi connectivity index (χ3v) is 3.64. The van der Waals surface area contributed by atoms with E-state index in [0.717, 1.165) is 25.4 Å². The Kier molecular flexibility index (Phi) is 4.69. The molecule has 1 aromatic rings. The summed E-state index contributed by atoms with van der Waals surface area (Å²) in [6, 6.07) is 1.27. The molecule has 0 radical (unpaired) electrons. The second kappa shape index (κ2) is 6.49. The maximum absolute atomic E-state index is 11.0. The van der Waals surface area contributed by atoms with Gasteiger partial charge in [0.15, 0.2) is 0 Å². The fraction of sp³-hybridized carbons (Fsp3) is 0.538. The van der Waals surface area contributed by atoms with Gasteiger partial charge in [0.25, 0.3) is 0 Å². The molecule has 1 fully saturated rings. The molecule has 0 saturated carbocycles. The van der Waals surface area contributed by atoms with Gasteiger partial charge in [-0.25, -0.2) is 9.78 Å². The van der Waals surface area contributed by atoms with Crippen LogP contribution in [0.25, 0.3) is 0 Å². The van der Waals surface area contributed by atoms with Crippen LogP contribution in [0.2, 0.25) is 0 Å². The average Bonchev–Trinajstić information content (AvgIpc) is 2.98. The van der Waals surface area contributed by atoms with Crippen molar-refractivity contribution in [2.75, 3.05) is 25.0 Å². The van der Waals surface area contributed by atoms with Gasteiger partial charge >= 0.3 is 11.7 Å². The van der Waals surface area contributed by atoms with Crippen molar-refractivity contribution in [3.05, 3.63) is 27.9 Å². The molecule has 8 nitrogen and oxygen atoms in total. The molecule has 1 aliphatic rings. The van der Waals surface area contributed by atoms with Gasteiger partial charge in [0.05, 0.1) is 10.5 Å². The molecule has 2 heterocycles. The first kappa shape index (κ1) is 15.2. The molecule has 8 heteroatoms. The zero-order valence-electron chi connectivity index (χ0n) is 11.8. The lowest BCUT2D eigenvalue weighted by Gasteiger charge is -2.23. The lowest BCUT2D eigenvalue weighted by Crippen LogP contribution is -2.35. The van der Waals surface area contributed by atoms with E-state index in [-0.39, 0.29) is 23.1 Å². The summed E-state index contributed by atoms with van der Waals surface area (Å²) in [5.74, 6) is -1.13. The minimum atomic E-state index is -1.23. The van der Waals surface area contributed by atoms with E-state index in [9.17, 15) is 14.9 Å². The molecule has 21 heavy (non-hydrogen) atoms. The Morgan fingerprint density at radius 2 is 2.24 bits per heavy atom. The predicted molar refractivity (Wildman–Crippen MR) is 76.6 cm³/mol. The molecule has 2 N–H and O–H groups in total. The standard InChI is InChI=1S/C13H18N4O4/c1-9(16-4-2-3-5-16)7-14-12-11(17(20)21)6-10(8-15-12)13(18)19/h6,8-9H,2-5,7H2,1H3,(H,14,15)(H,18,19). The van der Waals surface area contributed by atoms with Crippen LogP contribution in [0.5, 0.6) is 0 Å². The van der Waals surface area contributed by atoms with Crippen LogP contribution in [-0.4, -0.2) is 51.6 Å². The van der Waals surface area contributed by atoms with Crippen LogP contribution in [0.1, 0.15) is 30.1 Å². The number of nitro groups is 1. The molecule has 1 saturated heterocycles. The molecule has 2 rings (SSSR count). The Hall–Kier alpha value is -2.22. The van der Waals surface area contributed by atoms with Gasteiger partial charge in [0.1, 0.15) is 0 Å². The minimum Gasteiger partial charge on any atom is -0.478 e. The first-order valence-electron chi connectivity index (χ1n) is 6.84. The number of nitrogens with one attached hydrogen (secondary N) is 1. The Morgan fingerprint density at radius 3 is 2.81 bits per heavy atom. The molecule has 114 valence electrons. The summed E-state index contributed by atoms with van der Waals surface area (Å²) in [5, 5.41) is 22.8. The second-order valence-corrected chi connectivity index (χ2v) is 5.13. The van der Waals surface area contributed by atoms with Crippen LogP contribution in [0.15, 0.2) is 12.3 Å². The zero-order chi connectivity index (χ0) is 15.4.